The summed E-state index contributed by atoms with van der Waals surface area (Å²) in [5.41, 5.74) is 0. The molecule has 2 heterocycles. The van der Waals surface area contributed by atoms with Crippen LogP contribution in [-0.4, -0.2) is 114 Å². The molecule has 0 bridgehead atoms. The number of carbonyl (C=O) groups is 2. The summed E-state index contributed by atoms with van der Waals surface area (Å²) in [6.07, 6.45) is -19.9. The van der Waals surface area contributed by atoms with E-state index in [0.717, 1.165) is 0 Å². The zero-order chi connectivity index (χ0) is 19.0. The predicted molar refractivity (Wildman–Crippen MR) is 69.7 cm³/mol. The molecule has 25 heavy (non-hydrogen) atoms. The smallest absolute Gasteiger partial charge is 0.335 e. The zero-order valence-corrected chi connectivity index (χ0v) is 12.4. The van der Waals surface area contributed by atoms with E-state index in [1.54, 1.807) is 0 Å². The second-order valence-electron chi connectivity index (χ2n) is 5.60. The molecule has 13 heteroatoms. The zero-order valence-electron chi connectivity index (χ0n) is 12.4. The van der Waals surface area contributed by atoms with E-state index in [1.807, 2.05) is 0 Å². The Balaban J connectivity index is 2.22. The highest BCUT2D eigenvalue weighted by Crippen LogP contribution is 2.28. The van der Waals surface area contributed by atoms with Crippen LogP contribution in [0, 0.1) is 0 Å². The van der Waals surface area contributed by atoms with Gasteiger partial charge in [0.15, 0.2) is 24.8 Å². The van der Waals surface area contributed by atoms with Crippen molar-refractivity contribution in [3.63, 3.8) is 0 Å². The summed E-state index contributed by atoms with van der Waals surface area (Å²) in [5.74, 6) is -3.39. The first-order valence-corrected chi connectivity index (χ1v) is 7.06. The van der Waals surface area contributed by atoms with Gasteiger partial charge in [0, 0.05) is 0 Å². The third-order valence-electron chi connectivity index (χ3n) is 3.91. The van der Waals surface area contributed by atoms with E-state index < -0.39 is 73.4 Å². The molecule has 0 aromatic heterocycles. The van der Waals surface area contributed by atoms with Gasteiger partial charge in [0.05, 0.1) is 0 Å². The predicted octanol–water partition coefficient (Wildman–Crippen LogP) is -5.21. The van der Waals surface area contributed by atoms with E-state index >= 15 is 0 Å². The van der Waals surface area contributed by atoms with Gasteiger partial charge in [-0.05, 0) is 0 Å². The van der Waals surface area contributed by atoms with Crippen LogP contribution in [0.5, 0.6) is 0 Å². The SMILES string of the molecule is O=C(O)[C@H]1O[C@@H](O[C@@H]2[C@H](O)[C@@H](O)[C@H](O)O[C@@H]2C(=O)O)[C@H](O)[C@@H](O)[C@@H]1O. The maximum absolute atomic E-state index is 11.2. The van der Waals surface area contributed by atoms with Gasteiger partial charge in [-0.25, -0.2) is 9.59 Å². The van der Waals surface area contributed by atoms with Gasteiger partial charge in [0.1, 0.15) is 36.6 Å². The molecule has 2 aliphatic rings. The summed E-state index contributed by atoms with van der Waals surface area (Å²) in [4.78, 5) is 22.2. The van der Waals surface area contributed by atoms with Crippen molar-refractivity contribution in [1.82, 2.24) is 0 Å². The number of carboxylic acids is 2. The highest BCUT2D eigenvalue weighted by Gasteiger charge is 2.53. The quantitative estimate of drug-likeness (QED) is 0.232. The molecule has 0 spiro atoms. The number of rotatable bonds is 4. The van der Waals surface area contributed by atoms with E-state index in [0.29, 0.717) is 0 Å². The van der Waals surface area contributed by atoms with Crippen molar-refractivity contribution in [2.75, 3.05) is 0 Å². The molecular formula is C12H18O13. The van der Waals surface area contributed by atoms with E-state index in [9.17, 15) is 40.2 Å². The van der Waals surface area contributed by atoms with Crippen molar-refractivity contribution < 1.29 is 64.7 Å². The lowest BCUT2D eigenvalue weighted by Gasteiger charge is -2.44. The topological polar surface area (TPSA) is 224 Å². The van der Waals surface area contributed by atoms with Crippen molar-refractivity contribution >= 4 is 11.9 Å². The van der Waals surface area contributed by atoms with Crippen LogP contribution in [0.4, 0.5) is 0 Å². The number of aliphatic hydroxyl groups is 6. The van der Waals surface area contributed by atoms with Crippen molar-refractivity contribution in [1.29, 1.82) is 0 Å². The minimum absolute atomic E-state index is 1.70. The standard InChI is InChI=1S/C12H18O13/c13-1-2(14)7(9(18)19)25-12(5(1)17)24-6-3(15)4(16)11(22)23-8(6)10(20)21/h1-8,11-17,22H,(H,18,19)(H,20,21)/t1-,2-,3+,4+,5+,6+,7-,8-,11+,12+/m0/s1. The van der Waals surface area contributed by atoms with Crippen molar-refractivity contribution in [2.45, 2.75) is 61.4 Å². The minimum Gasteiger partial charge on any atom is -0.479 e. The molecule has 2 saturated heterocycles. The fourth-order valence-corrected chi connectivity index (χ4v) is 2.52. The van der Waals surface area contributed by atoms with Crippen LogP contribution in [-0.2, 0) is 23.8 Å². The molecule has 2 aliphatic heterocycles. The lowest BCUT2D eigenvalue weighted by molar-refractivity contribution is -0.346. The van der Waals surface area contributed by atoms with Crippen LogP contribution in [0.1, 0.15) is 0 Å². The fourth-order valence-electron chi connectivity index (χ4n) is 2.52. The largest absolute Gasteiger partial charge is 0.479 e. The molecule has 13 nitrogen and oxygen atoms in total. The Labute approximate surface area is 139 Å². The first kappa shape index (κ1) is 19.9. The Morgan fingerprint density at radius 1 is 0.680 bits per heavy atom. The summed E-state index contributed by atoms with van der Waals surface area (Å²) < 4.78 is 14.4. The van der Waals surface area contributed by atoms with E-state index in [1.165, 1.54) is 0 Å². The maximum Gasteiger partial charge on any atom is 0.335 e. The molecule has 0 aromatic carbocycles. The van der Waals surface area contributed by atoms with Gasteiger partial charge in [-0.2, -0.15) is 0 Å². The molecule has 0 saturated carbocycles. The summed E-state index contributed by atoms with van der Waals surface area (Å²) in [6.45, 7) is 0. The lowest BCUT2D eigenvalue weighted by atomic mass is 9.96. The lowest BCUT2D eigenvalue weighted by Crippen LogP contribution is -2.65. The molecule has 0 unspecified atom stereocenters. The average molecular weight is 370 g/mol. The van der Waals surface area contributed by atoms with Crippen LogP contribution in [0.2, 0.25) is 0 Å². The highest BCUT2D eigenvalue weighted by molar-refractivity contribution is 5.74. The molecular weight excluding hydrogens is 352 g/mol. The molecule has 0 aliphatic carbocycles. The van der Waals surface area contributed by atoms with Gasteiger partial charge in [0.2, 0.25) is 0 Å². The number of carboxylic acid groups (broad SMARTS) is 2. The van der Waals surface area contributed by atoms with Crippen LogP contribution in [0.3, 0.4) is 0 Å². The van der Waals surface area contributed by atoms with Crippen molar-refractivity contribution in [3.05, 3.63) is 0 Å². The van der Waals surface area contributed by atoms with Gasteiger partial charge >= 0.3 is 11.9 Å². The molecule has 2 rings (SSSR count). The van der Waals surface area contributed by atoms with Gasteiger partial charge in [-0.3, -0.25) is 0 Å². The van der Waals surface area contributed by atoms with E-state index in [-0.39, 0.29) is 0 Å². The minimum atomic E-state index is -2.03. The fraction of sp³-hybridized carbons (Fsp3) is 0.833. The van der Waals surface area contributed by atoms with Gasteiger partial charge in [0.25, 0.3) is 0 Å². The molecule has 0 amide bonds. The molecule has 0 radical (unpaired) electrons. The van der Waals surface area contributed by atoms with Gasteiger partial charge in [-0.15, -0.1) is 0 Å². The Bertz CT molecular complexity index is 511. The summed E-state index contributed by atoms with van der Waals surface area (Å²) in [5, 5.41) is 75.9. The van der Waals surface area contributed by atoms with Crippen LogP contribution in [0.25, 0.3) is 0 Å². The number of hydrogen-bond acceptors (Lipinski definition) is 11. The molecule has 144 valence electrons. The normalized spacial score (nSPS) is 48.1. The second-order valence-corrected chi connectivity index (χ2v) is 5.60. The van der Waals surface area contributed by atoms with E-state index in [2.05, 4.69) is 4.74 Å². The Kier molecular flexibility index (Phi) is 5.93. The number of hydrogen-bond donors (Lipinski definition) is 8. The molecule has 10 atom stereocenters. The summed E-state index contributed by atoms with van der Waals surface area (Å²) >= 11 is 0. The third kappa shape index (κ3) is 3.74. The summed E-state index contributed by atoms with van der Waals surface area (Å²) in [7, 11) is 0. The average Bonchev–Trinajstić information content (AvgIpc) is 2.54. The number of ether oxygens (including phenoxy) is 3. The summed E-state index contributed by atoms with van der Waals surface area (Å²) in [6, 6.07) is 0. The number of aliphatic hydroxyl groups excluding tert-OH is 6. The molecule has 0 aromatic rings. The third-order valence-corrected chi connectivity index (χ3v) is 3.91. The van der Waals surface area contributed by atoms with Crippen molar-refractivity contribution in [2.24, 2.45) is 0 Å². The van der Waals surface area contributed by atoms with Crippen LogP contribution >= 0.6 is 0 Å². The second kappa shape index (κ2) is 7.45. The van der Waals surface area contributed by atoms with Crippen molar-refractivity contribution in [3.8, 4) is 0 Å². The van der Waals surface area contributed by atoms with Crippen LogP contribution in [0.15, 0.2) is 0 Å². The monoisotopic (exact) mass is 370 g/mol. The van der Waals surface area contributed by atoms with Gasteiger partial charge in [-0.1, -0.05) is 0 Å². The first-order chi connectivity index (χ1) is 11.6. The highest BCUT2D eigenvalue weighted by atomic mass is 16.7. The van der Waals surface area contributed by atoms with Crippen LogP contribution < -0.4 is 0 Å². The number of aliphatic carboxylic acids is 2. The maximum atomic E-state index is 11.2. The molecule has 8 N–H and O–H groups in total. The van der Waals surface area contributed by atoms with Gasteiger partial charge < -0.3 is 55.1 Å². The Morgan fingerprint density at radius 2 is 1.24 bits per heavy atom. The van der Waals surface area contributed by atoms with E-state index in [4.69, 9.17) is 19.7 Å². The molecule has 2 fully saturated rings. The Hall–Kier alpha value is -1.42. The Morgan fingerprint density at radius 3 is 1.76 bits per heavy atom. The first-order valence-electron chi connectivity index (χ1n) is 7.06.